The Labute approximate surface area is 194 Å². The predicted molar refractivity (Wildman–Crippen MR) is 126 cm³/mol. The van der Waals surface area contributed by atoms with Gasteiger partial charge >= 0.3 is 0 Å². The fraction of sp³-hybridized carbons (Fsp3) is 0.500. The minimum atomic E-state index is -4.02. The highest BCUT2D eigenvalue weighted by Crippen LogP contribution is 2.42. The average molecular weight is 496 g/mol. The van der Waals surface area contributed by atoms with Crippen molar-refractivity contribution < 1.29 is 26.7 Å². The van der Waals surface area contributed by atoms with Gasteiger partial charge in [0.05, 0.1) is 34.0 Å². The van der Waals surface area contributed by atoms with Gasteiger partial charge in [-0.2, -0.15) is 0 Å². The number of rotatable bonds is 6. The highest BCUT2D eigenvalue weighted by Gasteiger charge is 2.47. The lowest BCUT2D eigenvalue weighted by Gasteiger charge is -2.35. The highest BCUT2D eigenvalue weighted by atomic mass is 32.2. The fourth-order valence-electron chi connectivity index (χ4n) is 4.40. The average Bonchev–Trinajstić information content (AvgIpc) is 3.43. The van der Waals surface area contributed by atoms with Crippen LogP contribution >= 0.6 is 0 Å². The van der Waals surface area contributed by atoms with Crippen molar-refractivity contribution in [3.63, 3.8) is 0 Å². The fourth-order valence-corrected chi connectivity index (χ4v) is 6.28. The van der Waals surface area contributed by atoms with Crippen LogP contribution in [0.15, 0.2) is 45.5 Å². The molecule has 2 aliphatic heterocycles. The number of carbonyl (C=O) groups excluding carboxylic acids is 1. The molecule has 0 bridgehead atoms. The topological polar surface area (TPSA) is 133 Å². The van der Waals surface area contributed by atoms with Crippen LogP contribution in [0.3, 0.4) is 0 Å². The van der Waals surface area contributed by atoms with Crippen LogP contribution in [0.1, 0.15) is 40.0 Å². The van der Waals surface area contributed by atoms with Crippen LogP contribution in [0, 0.1) is 11.3 Å². The molecule has 0 saturated heterocycles. The van der Waals surface area contributed by atoms with Crippen molar-refractivity contribution in [2.75, 3.05) is 22.8 Å². The zero-order chi connectivity index (χ0) is 24.3. The maximum absolute atomic E-state index is 13.4. The normalized spacial score (nSPS) is 22.7. The smallest absolute Gasteiger partial charge is 0.260 e. The number of amides is 1. The van der Waals surface area contributed by atoms with E-state index in [2.05, 4.69) is 10.0 Å². The van der Waals surface area contributed by atoms with Gasteiger partial charge in [0, 0.05) is 12.2 Å². The van der Waals surface area contributed by atoms with Crippen LogP contribution in [0.4, 0.5) is 11.4 Å². The third-order valence-electron chi connectivity index (χ3n) is 6.00. The summed E-state index contributed by atoms with van der Waals surface area (Å²) < 4.78 is 51.3. The van der Waals surface area contributed by atoms with E-state index in [1.165, 1.54) is 18.2 Å². The van der Waals surface area contributed by atoms with E-state index in [1.54, 1.807) is 4.90 Å². The lowest BCUT2D eigenvalue weighted by Crippen LogP contribution is -2.44. The van der Waals surface area contributed by atoms with Gasteiger partial charge in [-0.3, -0.25) is 9.52 Å². The van der Waals surface area contributed by atoms with E-state index >= 15 is 0 Å². The van der Waals surface area contributed by atoms with Crippen molar-refractivity contribution in [3.05, 3.63) is 40.6 Å². The number of nitrogens with one attached hydrogen (secondary N) is 2. The molecule has 11 heteroatoms. The predicted octanol–water partition coefficient (Wildman–Crippen LogP) is 2.97. The first-order valence-corrected chi connectivity index (χ1v) is 14.2. The first-order valence-electron chi connectivity index (χ1n) is 10.8. The first-order chi connectivity index (χ1) is 15.2. The zero-order valence-electron chi connectivity index (χ0n) is 19.0. The van der Waals surface area contributed by atoms with Crippen LogP contribution in [-0.4, -0.2) is 51.6 Å². The Morgan fingerprint density at radius 1 is 1.24 bits per heavy atom. The molecule has 1 atom stereocenters. The van der Waals surface area contributed by atoms with Gasteiger partial charge in [-0.1, -0.05) is 33.6 Å². The molecule has 0 radical (unpaired) electrons. The Kier molecular flexibility index (Phi) is 5.56. The molecule has 1 aliphatic carbocycles. The van der Waals surface area contributed by atoms with E-state index in [9.17, 15) is 26.7 Å². The SMILES string of the molecule is CC(C)(C)[C@H]1C(O)=C(C2=CS(=O)(=O)c3cc(NS(C)(=O)=O)ccc3N2)C(=O)N1CCC1CC1. The summed E-state index contributed by atoms with van der Waals surface area (Å²) in [5, 5.41) is 15.0. The third-order valence-corrected chi connectivity index (χ3v) is 8.10. The molecule has 0 unspecified atom stereocenters. The number of nitrogens with zero attached hydrogens (tertiary/aromatic N) is 1. The lowest BCUT2D eigenvalue weighted by molar-refractivity contribution is -0.128. The Bertz CT molecular complexity index is 1290. The van der Waals surface area contributed by atoms with E-state index in [1.807, 2.05) is 20.8 Å². The largest absolute Gasteiger partial charge is 0.509 e. The molecule has 180 valence electrons. The number of sulfone groups is 1. The minimum absolute atomic E-state index is 0.0111. The van der Waals surface area contributed by atoms with Crippen molar-refractivity contribution >= 4 is 37.1 Å². The minimum Gasteiger partial charge on any atom is -0.509 e. The van der Waals surface area contributed by atoms with E-state index in [0.29, 0.717) is 12.5 Å². The van der Waals surface area contributed by atoms with Gasteiger partial charge in [0.1, 0.15) is 11.3 Å². The molecule has 0 aromatic heterocycles. The number of aliphatic hydroxyl groups is 1. The number of hydrogen-bond acceptors (Lipinski definition) is 7. The van der Waals surface area contributed by atoms with Gasteiger partial charge in [-0.05, 0) is 36.0 Å². The van der Waals surface area contributed by atoms with Crippen LogP contribution in [-0.2, 0) is 24.7 Å². The monoisotopic (exact) mass is 495 g/mol. The van der Waals surface area contributed by atoms with Crippen LogP contribution in [0.2, 0.25) is 0 Å². The molecule has 1 fully saturated rings. The molecule has 1 aromatic rings. The molecule has 1 saturated carbocycles. The molecule has 3 N–H and O–H groups in total. The summed E-state index contributed by atoms with van der Waals surface area (Å²) in [6.07, 6.45) is 4.11. The number of sulfonamides is 1. The summed E-state index contributed by atoms with van der Waals surface area (Å²) in [6, 6.07) is 3.51. The van der Waals surface area contributed by atoms with Crippen molar-refractivity contribution in [2.24, 2.45) is 11.3 Å². The lowest BCUT2D eigenvalue weighted by atomic mass is 9.85. The molecule has 4 rings (SSSR count). The van der Waals surface area contributed by atoms with Gasteiger partial charge in [-0.15, -0.1) is 0 Å². The molecule has 0 spiro atoms. The maximum atomic E-state index is 13.4. The standard InChI is InChI=1S/C22H29N3O6S2/c1-22(2,3)20-19(26)18(21(27)25(20)10-9-13-5-6-13)16-12-33(30,31)17-11-14(24-32(4,28)29)7-8-15(17)23-16/h7-8,11-13,20,23-24,26H,5-6,9-10H2,1-4H3/t20-/m1/s1. The summed E-state index contributed by atoms with van der Waals surface area (Å²) in [6.45, 7) is 6.29. The maximum Gasteiger partial charge on any atom is 0.260 e. The van der Waals surface area contributed by atoms with Gasteiger partial charge in [0.25, 0.3) is 5.91 Å². The molecular weight excluding hydrogens is 466 g/mol. The molecular formula is C22H29N3O6S2. The number of carbonyl (C=O) groups is 1. The molecule has 1 amide bonds. The summed E-state index contributed by atoms with van der Waals surface area (Å²) >= 11 is 0. The van der Waals surface area contributed by atoms with Gasteiger partial charge < -0.3 is 15.3 Å². The molecule has 9 nitrogen and oxygen atoms in total. The molecule has 1 aromatic carbocycles. The number of hydrogen-bond donors (Lipinski definition) is 3. The quantitative estimate of drug-likeness (QED) is 0.552. The summed E-state index contributed by atoms with van der Waals surface area (Å²) in [7, 11) is -7.60. The van der Waals surface area contributed by atoms with Gasteiger partial charge in [0.15, 0.2) is 0 Å². The van der Waals surface area contributed by atoms with Crippen molar-refractivity contribution in [2.45, 2.75) is 51.0 Å². The number of fused-ring (bicyclic) bond motifs is 1. The Hall–Kier alpha value is -2.53. The van der Waals surface area contributed by atoms with Crippen LogP contribution in [0.25, 0.3) is 0 Å². The first kappa shape index (κ1) is 23.6. The van der Waals surface area contributed by atoms with Gasteiger partial charge in [0.2, 0.25) is 19.9 Å². The third kappa shape index (κ3) is 4.74. The summed E-state index contributed by atoms with van der Waals surface area (Å²) in [5.41, 5.74) is -0.182. The highest BCUT2D eigenvalue weighted by molar-refractivity contribution is 7.94. The summed E-state index contributed by atoms with van der Waals surface area (Å²) in [4.78, 5) is 14.9. The van der Waals surface area contributed by atoms with Crippen molar-refractivity contribution in [1.29, 1.82) is 0 Å². The van der Waals surface area contributed by atoms with E-state index in [0.717, 1.165) is 30.9 Å². The molecule has 33 heavy (non-hydrogen) atoms. The second kappa shape index (κ2) is 7.76. The number of benzene rings is 1. The molecule has 3 aliphatic rings. The van der Waals surface area contributed by atoms with Crippen molar-refractivity contribution in [3.8, 4) is 0 Å². The van der Waals surface area contributed by atoms with Gasteiger partial charge in [-0.25, -0.2) is 16.8 Å². The van der Waals surface area contributed by atoms with Crippen molar-refractivity contribution in [1.82, 2.24) is 4.90 Å². The second-order valence-electron chi connectivity index (χ2n) is 10.0. The Balaban J connectivity index is 1.72. The van der Waals surface area contributed by atoms with Crippen LogP contribution < -0.4 is 10.0 Å². The van der Waals surface area contributed by atoms with Crippen LogP contribution in [0.5, 0.6) is 0 Å². The number of anilines is 2. The molecule has 2 heterocycles. The zero-order valence-corrected chi connectivity index (χ0v) is 20.7. The van der Waals surface area contributed by atoms with E-state index in [4.69, 9.17) is 0 Å². The van der Waals surface area contributed by atoms with E-state index < -0.39 is 37.2 Å². The Morgan fingerprint density at radius 2 is 1.91 bits per heavy atom. The van der Waals surface area contributed by atoms with E-state index in [-0.39, 0.29) is 33.3 Å². The summed E-state index contributed by atoms with van der Waals surface area (Å²) in [5.74, 6) is 0.0514. The Morgan fingerprint density at radius 3 is 2.48 bits per heavy atom. The number of aliphatic hydroxyl groups excluding tert-OH is 1. The second-order valence-corrected chi connectivity index (χ2v) is 13.6.